The fraction of sp³-hybridized carbons (Fsp3) is 0.333. The Hall–Kier alpha value is -1.64. The number of hydrogen-bond acceptors (Lipinski definition) is 2. The molecule has 104 valence electrons. The van der Waals surface area contributed by atoms with Gasteiger partial charge in [-0.2, -0.15) is 0 Å². The van der Waals surface area contributed by atoms with Gasteiger partial charge in [0.05, 0.1) is 5.60 Å². The summed E-state index contributed by atoms with van der Waals surface area (Å²) < 4.78 is 5.55. The van der Waals surface area contributed by atoms with Gasteiger partial charge in [-0.15, -0.1) is 0 Å². The molecule has 1 fully saturated rings. The van der Waals surface area contributed by atoms with Crippen LogP contribution in [0.2, 0.25) is 0 Å². The van der Waals surface area contributed by atoms with Crippen LogP contribution in [0.25, 0.3) is 11.1 Å². The maximum atomic E-state index is 10.5. The summed E-state index contributed by atoms with van der Waals surface area (Å²) in [6.45, 7) is 0. The lowest BCUT2D eigenvalue weighted by Gasteiger charge is -2.44. The summed E-state index contributed by atoms with van der Waals surface area (Å²) in [4.78, 5) is 0. The predicted octanol–water partition coefficient (Wildman–Crippen LogP) is 3.96. The smallest absolute Gasteiger partial charge is 0.108 e. The first kappa shape index (κ1) is 13.3. The molecule has 2 aromatic rings. The minimum atomic E-state index is -0.536. The standard InChI is InChI=1S/C18H20O2/c1-20-18(12-5-13-18)17(19)16-10-8-15(9-11-16)14-6-3-2-4-7-14/h2-4,6-11,17,19H,5,12-13H2,1H3. The molecular formula is C18H20O2. The van der Waals surface area contributed by atoms with E-state index in [1.165, 1.54) is 11.1 Å². The highest BCUT2D eigenvalue weighted by Gasteiger charge is 2.44. The second kappa shape index (κ2) is 5.39. The molecule has 1 saturated carbocycles. The molecule has 0 bridgehead atoms. The van der Waals surface area contributed by atoms with Crippen LogP contribution >= 0.6 is 0 Å². The Kier molecular flexibility index (Phi) is 3.60. The van der Waals surface area contributed by atoms with Crippen molar-refractivity contribution in [1.82, 2.24) is 0 Å². The first-order chi connectivity index (χ1) is 9.75. The van der Waals surface area contributed by atoms with E-state index in [9.17, 15) is 5.11 Å². The molecule has 2 aromatic carbocycles. The first-order valence-corrected chi connectivity index (χ1v) is 7.14. The number of ether oxygens (including phenoxy) is 1. The monoisotopic (exact) mass is 268 g/mol. The lowest BCUT2D eigenvalue weighted by Crippen LogP contribution is -2.45. The predicted molar refractivity (Wildman–Crippen MR) is 80.4 cm³/mol. The van der Waals surface area contributed by atoms with Gasteiger partial charge in [-0.1, -0.05) is 54.6 Å². The zero-order valence-corrected chi connectivity index (χ0v) is 11.8. The van der Waals surface area contributed by atoms with Gasteiger partial charge < -0.3 is 9.84 Å². The van der Waals surface area contributed by atoms with Crippen molar-refractivity contribution in [3.63, 3.8) is 0 Å². The van der Waals surface area contributed by atoms with Gasteiger partial charge in [0, 0.05) is 7.11 Å². The van der Waals surface area contributed by atoms with Gasteiger partial charge in [0.25, 0.3) is 0 Å². The third-order valence-corrected chi connectivity index (χ3v) is 4.44. The van der Waals surface area contributed by atoms with Crippen LogP contribution in [0.5, 0.6) is 0 Å². The van der Waals surface area contributed by atoms with Crippen LogP contribution < -0.4 is 0 Å². The van der Waals surface area contributed by atoms with Crippen molar-refractivity contribution < 1.29 is 9.84 Å². The van der Waals surface area contributed by atoms with Crippen molar-refractivity contribution in [2.24, 2.45) is 0 Å². The van der Waals surface area contributed by atoms with Crippen molar-refractivity contribution in [2.75, 3.05) is 7.11 Å². The molecule has 0 radical (unpaired) electrons. The Bertz CT molecular complexity index is 550. The van der Waals surface area contributed by atoms with Crippen molar-refractivity contribution in [1.29, 1.82) is 0 Å². The van der Waals surface area contributed by atoms with E-state index in [2.05, 4.69) is 24.3 Å². The molecule has 0 amide bonds. The Morgan fingerprint density at radius 1 is 0.950 bits per heavy atom. The zero-order valence-electron chi connectivity index (χ0n) is 11.8. The molecule has 1 atom stereocenters. The molecule has 1 unspecified atom stereocenters. The highest BCUT2D eigenvalue weighted by Crippen LogP contribution is 2.44. The fourth-order valence-electron chi connectivity index (χ4n) is 2.91. The third kappa shape index (κ3) is 2.26. The maximum Gasteiger partial charge on any atom is 0.108 e. The summed E-state index contributed by atoms with van der Waals surface area (Å²) in [5.74, 6) is 0. The Balaban J connectivity index is 1.83. The van der Waals surface area contributed by atoms with Gasteiger partial charge in [0.15, 0.2) is 0 Å². The van der Waals surface area contributed by atoms with Crippen molar-refractivity contribution in [3.05, 3.63) is 60.2 Å². The van der Waals surface area contributed by atoms with Crippen molar-refractivity contribution in [2.45, 2.75) is 31.0 Å². The summed E-state index contributed by atoms with van der Waals surface area (Å²) in [5, 5.41) is 10.5. The van der Waals surface area contributed by atoms with E-state index in [4.69, 9.17) is 4.74 Å². The number of methoxy groups -OCH3 is 1. The first-order valence-electron chi connectivity index (χ1n) is 7.14. The van der Waals surface area contributed by atoms with Crippen LogP contribution in [0.3, 0.4) is 0 Å². The summed E-state index contributed by atoms with van der Waals surface area (Å²) in [7, 11) is 1.70. The molecule has 20 heavy (non-hydrogen) atoms. The van der Waals surface area contributed by atoms with Crippen LogP contribution in [0.1, 0.15) is 30.9 Å². The lowest BCUT2D eigenvalue weighted by atomic mass is 9.73. The highest BCUT2D eigenvalue weighted by molar-refractivity contribution is 5.63. The van der Waals surface area contributed by atoms with Crippen LogP contribution in [-0.2, 0) is 4.74 Å². The van der Waals surface area contributed by atoms with Gasteiger partial charge in [-0.25, -0.2) is 0 Å². The van der Waals surface area contributed by atoms with E-state index in [0.717, 1.165) is 24.8 Å². The fourth-order valence-corrected chi connectivity index (χ4v) is 2.91. The molecule has 3 rings (SSSR count). The average molecular weight is 268 g/mol. The minimum absolute atomic E-state index is 0.367. The van der Waals surface area contributed by atoms with E-state index in [-0.39, 0.29) is 5.60 Å². The van der Waals surface area contributed by atoms with E-state index in [1.807, 2.05) is 30.3 Å². The molecule has 0 saturated heterocycles. The Morgan fingerprint density at radius 2 is 1.55 bits per heavy atom. The summed E-state index contributed by atoms with van der Waals surface area (Å²) in [5.41, 5.74) is 2.93. The van der Waals surface area contributed by atoms with Gasteiger partial charge in [-0.3, -0.25) is 0 Å². The molecule has 0 spiro atoms. The quantitative estimate of drug-likeness (QED) is 0.909. The molecular weight excluding hydrogens is 248 g/mol. The summed E-state index contributed by atoms with van der Waals surface area (Å²) in [6.07, 6.45) is 2.47. The van der Waals surface area contributed by atoms with Crippen molar-refractivity contribution >= 4 is 0 Å². The number of aliphatic hydroxyl groups excluding tert-OH is 1. The lowest BCUT2D eigenvalue weighted by molar-refractivity contribution is -0.151. The van der Waals surface area contributed by atoms with E-state index in [1.54, 1.807) is 7.11 Å². The van der Waals surface area contributed by atoms with Gasteiger partial charge in [0.1, 0.15) is 6.10 Å². The molecule has 0 aromatic heterocycles. The van der Waals surface area contributed by atoms with Gasteiger partial charge in [-0.05, 0) is 36.0 Å². The van der Waals surface area contributed by atoms with Crippen LogP contribution in [0.4, 0.5) is 0 Å². The number of benzene rings is 2. The number of aliphatic hydroxyl groups is 1. The molecule has 0 heterocycles. The Morgan fingerprint density at radius 3 is 2.05 bits per heavy atom. The van der Waals surface area contributed by atoms with E-state index < -0.39 is 6.10 Å². The second-order valence-electron chi connectivity index (χ2n) is 5.51. The van der Waals surface area contributed by atoms with Crippen LogP contribution in [0, 0.1) is 0 Å². The maximum absolute atomic E-state index is 10.5. The average Bonchev–Trinajstić information content (AvgIpc) is 2.48. The molecule has 0 aliphatic heterocycles. The number of rotatable bonds is 4. The molecule has 1 aliphatic rings. The highest BCUT2D eigenvalue weighted by atomic mass is 16.5. The molecule has 2 heteroatoms. The minimum Gasteiger partial charge on any atom is -0.385 e. The second-order valence-corrected chi connectivity index (χ2v) is 5.51. The normalized spacial score (nSPS) is 18.3. The van der Waals surface area contributed by atoms with Gasteiger partial charge >= 0.3 is 0 Å². The zero-order chi connectivity index (χ0) is 14.0. The topological polar surface area (TPSA) is 29.5 Å². The largest absolute Gasteiger partial charge is 0.385 e. The van der Waals surface area contributed by atoms with Gasteiger partial charge in [0.2, 0.25) is 0 Å². The molecule has 2 nitrogen and oxygen atoms in total. The summed E-state index contributed by atoms with van der Waals surface area (Å²) >= 11 is 0. The molecule has 1 aliphatic carbocycles. The van der Waals surface area contributed by atoms with Crippen LogP contribution in [0.15, 0.2) is 54.6 Å². The van der Waals surface area contributed by atoms with Crippen LogP contribution in [-0.4, -0.2) is 17.8 Å². The van der Waals surface area contributed by atoms with E-state index in [0.29, 0.717) is 0 Å². The third-order valence-electron chi connectivity index (χ3n) is 4.44. The summed E-state index contributed by atoms with van der Waals surface area (Å²) in [6, 6.07) is 18.4. The van der Waals surface area contributed by atoms with Crippen molar-refractivity contribution in [3.8, 4) is 11.1 Å². The molecule has 1 N–H and O–H groups in total. The Labute approximate surface area is 120 Å². The SMILES string of the molecule is COC1(C(O)c2ccc(-c3ccccc3)cc2)CCC1. The number of hydrogen-bond donors (Lipinski definition) is 1. The van der Waals surface area contributed by atoms with E-state index >= 15 is 0 Å².